The van der Waals surface area contributed by atoms with Gasteiger partial charge >= 0.3 is 0 Å². The lowest BCUT2D eigenvalue weighted by Crippen LogP contribution is -2.31. The maximum atomic E-state index is 12.5. The number of rotatable bonds is 7. The smallest absolute Gasteiger partial charge is 0.261 e. The van der Waals surface area contributed by atoms with E-state index in [0.717, 1.165) is 5.56 Å². The lowest BCUT2D eigenvalue weighted by molar-refractivity contribution is 0.0948. The van der Waals surface area contributed by atoms with Crippen molar-refractivity contribution in [2.24, 2.45) is 11.7 Å². The predicted octanol–water partition coefficient (Wildman–Crippen LogP) is 2.54. The molecule has 0 fully saturated rings. The zero-order valence-corrected chi connectivity index (χ0v) is 16.4. The summed E-state index contributed by atoms with van der Waals surface area (Å²) in [6.07, 6.45) is 0. The van der Waals surface area contributed by atoms with Crippen LogP contribution in [0.5, 0.6) is 0 Å². The zero-order valence-electron chi connectivity index (χ0n) is 14.7. The molecule has 0 radical (unpaired) electrons. The van der Waals surface area contributed by atoms with Gasteiger partial charge in [-0.1, -0.05) is 25.1 Å². The van der Waals surface area contributed by atoms with Crippen LogP contribution < -0.4 is 15.8 Å². The van der Waals surface area contributed by atoms with Crippen molar-refractivity contribution in [3.63, 3.8) is 0 Å². The number of benzene rings is 2. The molecule has 6 nitrogen and oxygen atoms in total. The van der Waals surface area contributed by atoms with E-state index >= 15 is 0 Å². The van der Waals surface area contributed by atoms with E-state index in [9.17, 15) is 13.2 Å². The van der Waals surface area contributed by atoms with E-state index in [4.69, 9.17) is 5.73 Å². The Morgan fingerprint density at radius 1 is 1.15 bits per heavy atom. The monoisotopic (exact) mass is 397 g/mol. The molecule has 1 atom stereocenters. The van der Waals surface area contributed by atoms with Crippen molar-refractivity contribution in [3.8, 4) is 0 Å². The fourth-order valence-corrected chi connectivity index (χ4v) is 3.27. The van der Waals surface area contributed by atoms with Gasteiger partial charge in [-0.05, 0) is 55.3 Å². The number of anilines is 1. The average molecular weight is 398 g/mol. The molecule has 0 saturated heterocycles. The molecular weight excluding hydrogens is 374 g/mol. The number of hydrogen-bond acceptors (Lipinski definition) is 4. The quantitative estimate of drug-likeness (QED) is 0.668. The summed E-state index contributed by atoms with van der Waals surface area (Å²) < 4.78 is 27.6. The zero-order chi connectivity index (χ0) is 18.4. The van der Waals surface area contributed by atoms with Gasteiger partial charge in [-0.25, -0.2) is 8.42 Å². The second-order valence-corrected chi connectivity index (χ2v) is 7.74. The molecule has 0 aliphatic heterocycles. The molecule has 0 spiro atoms. The van der Waals surface area contributed by atoms with Crippen molar-refractivity contribution < 1.29 is 13.2 Å². The van der Waals surface area contributed by atoms with Crippen LogP contribution in [-0.4, -0.2) is 27.4 Å². The number of nitrogens with two attached hydrogens (primary N) is 1. The highest BCUT2D eigenvalue weighted by atomic mass is 35.5. The fourth-order valence-electron chi connectivity index (χ4n) is 2.18. The van der Waals surface area contributed by atoms with Gasteiger partial charge in [0.2, 0.25) is 0 Å². The molecule has 1 unspecified atom stereocenters. The summed E-state index contributed by atoms with van der Waals surface area (Å²) in [5, 5.41) is 2.75. The van der Waals surface area contributed by atoms with Crippen LogP contribution in [0.25, 0.3) is 0 Å². The van der Waals surface area contributed by atoms with Crippen LogP contribution in [0.3, 0.4) is 0 Å². The molecule has 0 aromatic heterocycles. The Morgan fingerprint density at radius 3 is 2.50 bits per heavy atom. The standard InChI is InChI=1S/C18H23N3O3S.ClH/c1-13-5-3-7-16(9-13)21-25(23,24)17-8-4-6-15(10-17)18(22)20-12-14(2)11-19;/h3-10,14,21H,11-12,19H2,1-2H3,(H,20,22);1H. The first-order valence-electron chi connectivity index (χ1n) is 7.99. The van der Waals surface area contributed by atoms with Crippen molar-refractivity contribution in [1.82, 2.24) is 5.32 Å². The van der Waals surface area contributed by atoms with Crippen LogP contribution in [0.4, 0.5) is 5.69 Å². The Morgan fingerprint density at radius 2 is 1.85 bits per heavy atom. The lowest BCUT2D eigenvalue weighted by Gasteiger charge is -2.12. The first-order chi connectivity index (χ1) is 11.8. The van der Waals surface area contributed by atoms with Crippen molar-refractivity contribution in [3.05, 3.63) is 59.7 Å². The largest absolute Gasteiger partial charge is 0.352 e. The van der Waals surface area contributed by atoms with E-state index in [0.29, 0.717) is 18.8 Å². The minimum Gasteiger partial charge on any atom is -0.352 e. The molecule has 0 heterocycles. The normalized spacial score (nSPS) is 12.0. The van der Waals surface area contributed by atoms with Gasteiger partial charge in [-0.15, -0.1) is 12.4 Å². The number of sulfonamides is 1. The lowest BCUT2D eigenvalue weighted by atomic mass is 10.1. The molecule has 142 valence electrons. The third kappa shape index (κ3) is 6.01. The number of halogens is 1. The highest BCUT2D eigenvalue weighted by Gasteiger charge is 2.17. The third-order valence-electron chi connectivity index (χ3n) is 3.69. The first kappa shape index (κ1) is 22.0. The van der Waals surface area contributed by atoms with Crippen LogP contribution in [0.15, 0.2) is 53.4 Å². The maximum Gasteiger partial charge on any atom is 0.261 e. The Hall–Kier alpha value is -2.09. The van der Waals surface area contributed by atoms with Gasteiger partial charge in [-0.2, -0.15) is 0 Å². The number of carbonyl (C=O) groups is 1. The summed E-state index contributed by atoms with van der Waals surface area (Å²) >= 11 is 0. The minimum atomic E-state index is -3.77. The Balaban J connectivity index is 0.00000338. The van der Waals surface area contributed by atoms with Crippen molar-refractivity contribution in [2.45, 2.75) is 18.7 Å². The highest BCUT2D eigenvalue weighted by Crippen LogP contribution is 2.18. The molecule has 0 saturated carbocycles. The van der Waals surface area contributed by atoms with Crippen LogP contribution in [0, 0.1) is 12.8 Å². The fraction of sp³-hybridized carbons (Fsp3) is 0.278. The average Bonchev–Trinajstić information content (AvgIpc) is 2.59. The minimum absolute atomic E-state index is 0. The Labute approximate surface area is 160 Å². The van der Waals surface area contributed by atoms with E-state index in [1.165, 1.54) is 12.1 Å². The van der Waals surface area contributed by atoms with Gasteiger partial charge in [0, 0.05) is 17.8 Å². The number of carbonyl (C=O) groups excluding carboxylic acids is 1. The SMILES string of the molecule is Cc1cccc(NS(=O)(=O)c2cccc(C(=O)NCC(C)CN)c2)c1.Cl. The molecule has 2 aromatic rings. The first-order valence-corrected chi connectivity index (χ1v) is 9.48. The Bertz CT molecular complexity index is 856. The van der Waals surface area contributed by atoms with Gasteiger partial charge in [0.05, 0.1) is 4.90 Å². The predicted molar refractivity (Wildman–Crippen MR) is 106 cm³/mol. The van der Waals surface area contributed by atoms with E-state index < -0.39 is 10.0 Å². The van der Waals surface area contributed by atoms with Crippen LogP contribution in [-0.2, 0) is 10.0 Å². The highest BCUT2D eigenvalue weighted by molar-refractivity contribution is 7.92. The second kappa shape index (κ2) is 9.56. The summed E-state index contributed by atoms with van der Waals surface area (Å²) in [6, 6.07) is 13.0. The van der Waals surface area contributed by atoms with Gasteiger partial charge < -0.3 is 11.1 Å². The van der Waals surface area contributed by atoms with Gasteiger partial charge in [0.1, 0.15) is 0 Å². The summed E-state index contributed by atoms with van der Waals surface area (Å²) in [5.41, 5.74) is 7.24. The van der Waals surface area contributed by atoms with Crippen molar-refractivity contribution in [1.29, 1.82) is 0 Å². The molecule has 1 amide bonds. The molecule has 2 aromatic carbocycles. The number of amides is 1. The molecule has 0 bridgehead atoms. The van der Waals surface area contributed by atoms with Gasteiger partial charge in [0.25, 0.3) is 15.9 Å². The molecule has 0 aliphatic carbocycles. The number of aryl methyl sites for hydroxylation is 1. The summed E-state index contributed by atoms with van der Waals surface area (Å²) in [6.45, 7) is 4.71. The number of hydrogen-bond donors (Lipinski definition) is 3. The molecule has 4 N–H and O–H groups in total. The molecule has 0 aliphatic rings. The van der Waals surface area contributed by atoms with Crippen molar-refractivity contribution >= 4 is 34.0 Å². The second-order valence-electron chi connectivity index (χ2n) is 6.05. The third-order valence-corrected chi connectivity index (χ3v) is 5.07. The molecule has 26 heavy (non-hydrogen) atoms. The Kier molecular flexibility index (Phi) is 8.08. The molecule has 2 rings (SSSR count). The maximum absolute atomic E-state index is 12.5. The van der Waals surface area contributed by atoms with E-state index in [1.807, 2.05) is 19.9 Å². The van der Waals surface area contributed by atoms with Crippen LogP contribution in [0.1, 0.15) is 22.8 Å². The van der Waals surface area contributed by atoms with Crippen molar-refractivity contribution in [2.75, 3.05) is 17.8 Å². The van der Waals surface area contributed by atoms with Crippen LogP contribution in [0.2, 0.25) is 0 Å². The summed E-state index contributed by atoms with van der Waals surface area (Å²) in [7, 11) is -3.77. The van der Waals surface area contributed by atoms with E-state index in [2.05, 4.69) is 10.0 Å². The summed E-state index contributed by atoms with van der Waals surface area (Å²) in [5.74, 6) is -0.174. The topological polar surface area (TPSA) is 101 Å². The number of nitrogens with one attached hydrogen (secondary N) is 2. The molecule has 8 heteroatoms. The molecular formula is C18H24ClN3O3S. The van der Waals surface area contributed by atoms with E-state index in [-0.39, 0.29) is 34.7 Å². The summed E-state index contributed by atoms with van der Waals surface area (Å²) in [4.78, 5) is 12.2. The van der Waals surface area contributed by atoms with Gasteiger partial charge in [-0.3, -0.25) is 9.52 Å². The van der Waals surface area contributed by atoms with E-state index in [1.54, 1.807) is 30.3 Å². The van der Waals surface area contributed by atoms with Gasteiger partial charge in [0.15, 0.2) is 0 Å². The van der Waals surface area contributed by atoms with Crippen LogP contribution >= 0.6 is 12.4 Å².